The molecule has 0 fully saturated rings. The van der Waals surface area contributed by atoms with Crippen LogP contribution in [0.1, 0.15) is 5.56 Å². The highest BCUT2D eigenvalue weighted by atomic mass is 15.0. The molecule has 0 radical (unpaired) electrons. The van der Waals surface area contributed by atoms with E-state index in [1.807, 2.05) is 12.2 Å². The summed E-state index contributed by atoms with van der Waals surface area (Å²) < 4.78 is 2.47. The fraction of sp³-hybridized carbons (Fsp3) is 0.0196. The first kappa shape index (κ1) is 30.9. The van der Waals surface area contributed by atoms with Crippen LogP contribution in [0, 0.1) is 0 Å². The van der Waals surface area contributed by atoms with Gasteiger partial charge in [0.25, 0.3) is 0 Å². The molecule has 0 bridgehead atoms. The van der Waals surface area contributed by atoms with Crippen molar-refractivity contribution in [1.29, 1.82) is 0 Å². The van der Waals surface area contributed by atoms with Crippen molar-refractivity contribution < 1.29 is 0 Å². The Kier molecular flexibility index (Phi) is 7.40. The van der Waals surface area contributed by atoms with E-state index in [4.69, 9.17) is 5.73 Å². The van der Waals surface area contributed by atoms with Crippen molar-refractivity contribution >= 4 is 64.9 Å². The Morgan fingerprint density at radius 2 is 1.09 bits per heavy atom. The van der Waals surface area contributed by atoms with Crippen molar-refractivity contribution in [3.63, 3.8) is 0 Å². The summed E-state index contributed by atoms with van der Waals surface area (Å²) in [4.78, 5) is 0. The molecule has 2 nitrogen and oxygen atoms in total. The van der Waals surface area contributed by atoms with E-state index in [2.05, 4.69) is 181 Å². The van der Waals surface area contributed by atoms with Gasteiger partial charge in [-0.15, -0.1) is 0 Å². The number of nitrogens with zero attached hydrogens (tertiary/aromatic N) is 1. The van der Waals surface area contributed by atoms with Crippen LogP contribution in [-0.4, -0.2) is 4.57 Å². The predicted molar refractivity (Wildman–Crippen MR) is 228 cm³/mol. The largest absolute Gasteiger partial charge is 0.405 e. The lowest BCUT2D eigenvalue weighted by Crippen LogP contribution is -1.95. The molecule has 0 atom stereocenters. The molecule has 0 aliphatic rings. The minimum Gasteiger partial charge on any atom is -0.405 e. The molecule has 0 aliphatic carbocycles. The van der Waals surface area contributed by atoms with Crippen LogP contribution in [-0.2, 0) is 6.42 Å². The molecule has 2 heteroatoms. The Hall–Kier alpha value is -6.90. The van der Waals surface area contributed by atoms with Crippen molar-refractivity contribution in [3.8, 4) is 27.9 Å². The van der Waals surface area contributed by atoms with Gasteiger partial charge < -0.3 is 10.3 Å². The van der Waals surface area contributed by atoms with Gasteiger partial charge in [0, 0.05) is 21.8 Å². The molecule has 10 aromatic rings. The zero-order chi connectivity index (χ0) is 35.3. The summed E-state index contributed by atoms with van der Waals surface area (Å²) in [6.07, 6.45) is 8.43. The van der Waals surface area contributed by atoms with Crippen molar-refractivity contribution in [2.45, 2.75) is 6.42 Å². The van der Waals surface area contributed by atoms with Gasteiger partial charge in [0.05, 0.1) is 11.0 Å². The molecule has 0 saturated carbocycles. The van der Waals surface area contributed by atoms with E-state index in [1.165, 1.54) is 92.7 Å². The SMILES string of the molecule is N/C=C\C=C/Cc1ccc2c3ccc4cc(-c5ccc(-c6cc7ccccc7c7ccccc67)cc5)ccc4c3n(-c3ccc4ccccc4c3)c2c1. The third-order valence-electron chi connectivity index (χ3n) is 10.8. The van der Waals surface area contributed by atoms with Crippen LogP contribution in [0.4, 0.5) is 0 Å². The molecule has 0 unspecified atom stereocenters. The van der Waals surface area contributed by atoms with E-state index in [9.17, 15) is 0 Å². The van der Waals surface area contributed by atoms with Crippen LogP contribution in [0.5, 0.6) is 0 Å². The highest BCUT2D eigenvalue weighted by Gasteiger charge is 2.17. The first-order valence-corrected chi connectivity index (χ1v) is 18.3. The molecule has 9 aromatic carbocycles. The molecule has 1 aromatic heterocycles. The quantitative estimate of drug-likeness (QED) is 0.138. The maximum atomic E-state index is 5.56. The highest BCUT2D eigenvalue weighted by molar-refractivity contribution is 6.19. The second-order valence-corrected chi connectivity index (χ2v) is 13.9. The van der Waals surface area contributed by atoms with Crippen LogP contribution in [0.15, 0.2) is 194 Å². The molecular weight excluding hydrogens is 641 g/mol. The number of rotatable bonds is 6. The van der Waals surface area contributed by atoms with Gasteiger partial charge >= 0.3 is 0 Å². The molecular formula is C51H36N2. The number of allylic oxidation sites excluding steroid dienone is 3. The number of aromatic nitrogens is 1. The van der Waals surface area contributed by atoms with Gasteiger partial charge in [-0.2, -0.15) is 0 Å². The zero-order valence-electron chi connectivity index (χ0n) is 29.2. The average Bonchev–Trinajstić information content (AvgIpc) is 3.56. The monoisotopic (exact) mass is 676 g/mol. The molecule has 0 saturated heterocycles. The predicted octanol–water partition coefficient (Wildman–Crippen LogP) is 13.3. The van der Waals surface area contributed by atoms with Crippen LogP contribution >= 0.6 is 0 Å². The maximum absolute atomic E-state index is 5.56. The molecule has 250 valence electrons. The van der Waals surface area contributed by atoms with Gasteiger partial charge in [-0.1, -0.05) is 152 Å². The lowest BCUT2D eigenvalue weighted by molar-refractivity contribution is 1.18. The molecule has 0 aliphatic heterocycles. The minimum atomic E-state index is 0.833. The lowest BCUT2D eigenvalue weighted by Gasteiger charge is -2.13. The van der Waals surface area contributed by atoms with Crippen LogP contribution in [0.3, 0.4) is 0 Å². The van der Waals surface area contributed by atoms with E-state index in [0.717, 1.165) is 12.1 Å². The topological polar surface area (TPSA) is 30.9 Å². The first-order chi connectivity index (χ1) is 26.2. The smallest absolute Gasteiger partial charge is 0.0619 e. The normalized spacial score (nSPS) is 12.2. The van der Waals surface area contributed by atoms with E-state index in [-0.39, 0.29) is 0 Å². The molecule has 1 heterocycles. The van der Waals surface area contributed by atoms with Gasteiger partial charge in [0.2, 0.25) is 0 Å². The number of benzene rings is 9. The lowest BCUT2D eigenvalue weighted by atomic mass is 9.92. The van der Waals surface area contributed by atoms with Gasteiger partial charge in [0.1, 0.15) is 0 Å². The Labute approximate surface area is 308 Å². The van der Waals surface area contributed by atoms with E-state index in [0.29, 0.717) is 0 Å². The minimum absolute atomic E-state index is 0.833. The summed E-state index contributed by atoms with van der Waals surface area (Å²) in [6.45, 7) is 0. The number of fused-ring (bicyclic) bond motifs is 9. The third-order valence-corrected chi connectivity index (χ3v) is 10.8. The van der Waals surface area contributed by atoms with Crippen molar-refractivity contribution in [2.24, 2.45) is 5.73 Å². The van der Waals surface area contributed by atoms with Crippen molar-refractivity contribution in [3.05, 3.63) is 200 Å². The van der Waals surface area contributed by atoms with E-state index in [1.54, 1.807) is 6.20 Å². The fourth-order valence-electron chi connectivity index (χ4n) is 8.25. The molecule has 0 spiro atoms. The summed E-state index contributed by atoms with van der Waals surface area (Å²) in [7, 11) is 0. The van der Waals surface area contributed by atoms with E-state index >= 15 is 0 Å². The Balaban J connectivity index is 1.11. The summed E-state index contributed by atoms with van der Waals surface area (Å²) >= 11 is 0. The zero-order valence-corrected chi connectivity index (χ0v) is 29.2. The second-order valence-electron chi connectivity index (χ2n) is 13.9. The van der Waals surface area contributed by atoms with E-state index < -0.39 is 0 Å². The summed E-state index contributed by atoms with van der Waals surface area (Å²) in [5.41, 5.74) is 15.3. The van der Waals surface area contributed by atoms with Gasteiger partial charge in [-0.05, 0) is 115 Å². The maximum Gasteiger partial charge on any atom is 0.0619 e. The molecule has 53 heavy (non-hydrogen) atoms. The average molecular weight is 677 g/mol. The summed E-state index contributed by atoms with van der Waals surface area (Å²) in [6, 6.07) is 62.7. The first-order valence-electron chi connectivity index (χ1n) is 18.3. The van der Waals surface area contributed by atoms with Crippen molar-refractivity contribution in [1.82, 2.24) is 4.57 Å². The number of hydrogen-bond acceptors (Lipinski definition) is 1. The number of hydrogen-bond donors (Lipinski definition) is 1. The molecule has 0 amide bonds. The summed E-state index contributed by atoms with van der Waals surface area (Å²) in [5, 5.41) is 12.6. The second kappa shape index (κ2) is 12.7. The van der Waals surface area contributed by atoms with Crippen LogP contribution in [0.25, 0.3) is 92.8 Å². The third kappa shape index (κ3) is 5.27. The Bertz CT molecular complexity index is 3090. The van der Waals surface area contributed by atoms with Gasteiger partial charge in [-0.25, -0.2) is 0 Å². The Morgan fingerprint density at radius 3 is 1.94 bits per heavy atom. The van der Waals surface area contributed by atoms with Crippen LogP contribution < -0.4 is 5.73 Å². The van der Waals surface area contributed by atoms with Gasteiger partial charge in [-0.3, -0.25) is 0 Å². The highest BCUT2D eigenvalue weighted by Crippen LogP contribution is 2.40. The Morgan fingerprint density at radius 1 is 0.434 bits per heavy atom. The standard InChI is InChI=1S/C51H36N2/c52-29-9-1-2-10-34-17-26-47-48-28-24-41-31-39(23-27-44(41)51(48)53(50(47)30-34)42-25-22-35-11-3-4-12-38(35)32-42)36-18-20-37(21-19-36)49-33-40-13-5-6-14-43(40)45-15-7-8-16-46(45)49/h1-9,11-33H,10,52H2/b2-1-,29-9-. The number of nitrogens with two attached hydrogens (primary N) is 1. The fourth-order valence-corrected chi connectivity index (χ4v) is 8.25. The summed E-state index contributed by atoms with van der Waals surface area (Å²) in [5.74, 6) is 0. The van der Waals surface area contributed by atoms with Crippen molar-refractivity contribution in [2.75, 3.05) is 0 Å². The van der Waals surface area contributed by atoms with Gasteiger partial charge in [0.15, 0.2) is 0 Å². The van der Waals surface area contributed by atoms with Crippen LogP contribution in [0.2, 0.25) is 0 Å². The molecule has 10 rings (SSSR count). The molecule has 2 N–H and O–H groups in total.